The molecule has 0 radical (unpaired) electrons. The van der Waals surface area contributed by atoms with Gasteiger partial charge in [0.25, 0.3) is 5.69 Å². The number of hydrogen-bond acceptors (Lipinski definition) is 6. The van der Waals surface area contributed by atoms with Crippen LogP contribution >= 0.6 is 0 Å². The smallest absolute Gasteiger partial charge is 0.297 e. The van der Waals surface area contributed by atoms with Crippen molar-refractivity contribution in [2.45, 2.75) is 6.42 Å². The topological polar surface area (TPSA) is 122 Å². The average Bonchev–Trinajstić information content (AvgIpc) is 2.29. The minimum Gasteiger partial charge on any atom is -0.398 e. The number of nitrogens with one attached hydrogen (secondary N) is 1. The Morgan fingerprint density at radius 2 is 2.06 bits per heavy atom. The molecular formula is C10H15N3O4. The van der Waals surface area contributed by atoms with E-state index in [-0.39, 0.29) is 37.6 Å². The minimum atomic E-state index is -0.541. The van der Waals surface area contributed by atoms with Gasteiger partial charge in [-0.05, 0) is 12.1 Å². The predicted molar refractivity (Wildman–Crippen MR) is 63.9 cm³/mol. The number of aliphatic hydroxyl groups is 2. The van der Waals surface area contributed by atoms with Crippen molar-refractivity contribution in [2.75, 3.05) is 30.8 Å². The molecule has 0 unspecified atom stereocenters. The molecule has 7 heteroatoms. The Morgan fingerprint density at radius 3 is 2.59 bits per heavy atom. The maximum atomic E-state index is 11.0. The van der Waals surface area contributed by atoms with Gasteiger partial charge in [-0.25, -0.2) is 0 Å². The molecule has 0 saturated carbocycles. The number of nitrogens with two attached hydrogens (primary N) is 1. The highest BCUT2D eigenvalue weighted by atomic mass is 16.6. The number of benzene rings is 1. The third-order valence-corrected chi connectivity index (χ3v) is 2.29. The van der Waals surface area contributed by atoms with E-state index in [2.05, 4.69) is 5.32 Å². The van der Waals surface area contributed by atoms with Crippen molar-refractivity contribution >= 4 is 17.1 Å². The van der Waals surface area contributed by atoms with Gasteiger partial charge in [0, 0.05) is 25.3 Å². The Hall–Kier alpha value is -1.86. The molecule has 0 saturated heterocycles. The summed E-state index contributed by atoms with van der Waals surface area (Å²) >= 11 is 0. The molecule has 0 aliphatic heterocycles. The molecule has 1 aromatic carbocycles. The summed E-state index contributed by atoms with van der Waals surface area (Å²) in [5, 5.41) is 31.3. The quantitative estimate of drug-likeness (QED) is 0.319. The highest BCUT2D eigenvalue weighted by Gasteiger charge is 2.21. The van der Waals surface area contributed by atoms with Gasteiger partial charge in [-0.1, -0.05) is 0 Å². The molecule has 0 aromatic heterocycles. The molecule has 7 nitrogen and oxygen atoms in total. The SMILES string of the molecule is Nc1ccc(NCCO)c([N+](=O)[O-])c1CCO. The second-order valence-electron chi connectivity index (χ2n) is 3.41. The number of anilines is 2. The van der Waals surface area contributed by atoms with Gasteiger partial charge in [-0.2, -0.15) is 0 Å². The summed E-state index contributed by atoms with van der Waals surface area (Å²) < 4.78 is 0. The van der Waals surface area contributed by atoms with Crippen molar-refractivity contribution in [3.05, 3.63) is 27.8 Å². The van der Waals surface area contributed by atoms with Crippen LogP contribution in [0.25, 0.3) is 0 Å². The molecule has 0 aliphatic carbocycles. The lowest BCUT2D eigenvalue weighted by Gasteiger charge is -2.11. The third kappa shape index (κ3) is 3.05. The summed E-state index contributed by atoms with van der Waals surface area (Å²) in [5.74, 6) is 0. The fourth-order valence-electron chi connectivity index (χ4n) is 1.57. The van der Waals surface area contributed by atoms with Crippen molar-refractivity contribution in [3.63, 3.8) is 0 Å². The van der Waals surface area contributed by atoms with Crippen LogP contribution in [0.3, 0.4) is 0 Å². The Labute approximate surface area is 98.0 Å². The van der Waals surface area contributed by atoms with Gasteiger partial charge >= 0.3 is 0 Å². The van der Waals surface area contributed by atoms with E-state index in [1.165, 1.54) is 12.1 Å². The summed E-state index contributed by atoms with van der Waals surface area (Å²) in [6, 6.07) is 3.03. The first-order valence-corrected chi connectivity index (χ1v) is 5.13. The number of nitro benzene ring substituents is 1. The van der Waals surface area contributed by atoms with Crippen LogP contribution in [0.1, 0.15) is 5.56 Å². The number of aliphatic hydroxyl groups excluding tert-OH is 2. The third-order valence-electron chi connectivity index (χ3n) is 2.29. The van der Waals surface area contributed by atoms with Crippen LogP contribution in [-0.4, -0.2) is 34.9 Å². The van der Waals surface area contributed by atoms with Crippen molar-refractivity contribution in [1.29, 1.82) is 0 Å². The molecule has 0 amide bonds. The van der Waals surface area contributed by atoms with Crippen molar-refractivity contribution in [3.8, 4) is 0 Å². The lowest BCUT2D eigenvalue weighted by molar-refractivity contribution is -0.384. The fourth-order valence-corrected chi connectivity index (χ4v) is 1.57. The molecule has 1 rings (SSSR count). The second-order valence-corrected chi connectivity index (χ2v) is 3.41. The Morgan fingerprint density at radius 1 is 1.35 bits per heavy atom. The van der Waals surface area contributed by atoms with E-state index < -0.39 is 4.92 Å². The maximum absolute atomic E-state index is 11.0. The Balaban J connectivity index is 3.21. The molecule has 1 aromatic rings. The van der Waals surface area contributed by atoms with Gasteiger partial charge in [0.15, 0.2) is 0 Å². The minimum absolute atomic E-state index is 0.122. The van der Waals surface area contributed by atoms with Crippen LogP contribution in [0, 0.1) is 10.1 Å². The number of nitro groups is 1. The molecule has 94 valence electrons. The molecule has 0 heterocycles. The van der Waals surface area contributed by atoms with E-state index in [9.17, 15) is 10.1 Å². The summed E-state index contributed by atoms with van der Waals surface area (Å²) in [7, 11) is 0. The van der Waals surface area contributed by atoms with Crippen LogP contribution < -0.4 is 11.1 Å². The van der Waals surface area contributed by atoms with Gasteiger partial charge < -0.3 is 21.3 Å². The standard InChI is InChI=1S/C10H15N3O4/c11-8-1-2-9(12-4-6-15)10(13(16)17)7(8)3-5-14/h1-2,12,14-15H,3-6,11H2. The zero-order valence-electron chi connectivity index (χ0n) is 9.22. The van der Waals surface area contributed by atoms with Crippen molar-refractivity contribution in [2.24, 2.45) is 0 Å². The molecule has 0 spiro atoms. The number of hydrogen-bond donors (Lipinski definition) is 4. The van der Waals surface area contributed by atoms with E-state index in [0.29, 0.717) is 11.3 Å². The second kappa shape index (κ2) is 6.02. The summed E-state index contributed by atoms with van der Waals surface area (Å²) in [6.07, 6.45) is 0.122. The van der Waals surface area contributed by atoms with Crippen LogP contribution in [0.4, 0.5) is 17.1 Å². The highest BCUT2D eigenvalue weighted by Crippen LogP contribution is 2.33. The molecule has 0 fully saturated rings. The summed E-state index contributed by atoms with van der Waals surface area (Å²) in [4.78, 5) is 10.5. The van der Waals surface area contributed by atoms with E-state index in [1.807, 2.05) is 0 Å². The lowest BCUT2D eigenvalue weighted by atomic mass is 10.1. The first-order valence-electron chi connectivity index (χ1n) is 5.13. The fraction of sp³-hybridized carbons (Fsp3) is 0.400. The molecule has 17 heavy (non-hydrogen) atoms. The van der Waals surface area contributed by atoms with E-state index in [0.717, 1.165) is 0 Å². The van der Waals surface area contributed by atoms with Gasteiger partial charge in [0.1, 0.15) is 5.69 Å². The predicted octanol–water partition coefficient (Wildman–Crippen LogP) is 0.116. The molecule has 5 N–H and O–H groups in total. The molecule has 0 atom stereocenters. The van der Waals surface area contributed by atoms with Gasteiger partial charge in [-0.15, -0.1) is 0 Å². The summed E-state index contributed by atoms with van der Waals surface area (Å²) in [5.41, 5.74) is 6.38. The maximum Gasteiger partial charge on any atom is 0.297 e. The van der Waals surface area contributed by atoms with Gasteiger partial charge in [-0.3, -0.25) is 10.1 Å². The lowest BCUT2D eigenvalue weighted by Crippen LogP contribution is -2.10. The van der Waals surface area contributed by atoms with Gasteiger partial charge in [0.2, 0.25) is 0 Å². The Kier molecular flexibility index (Phi) is 4.68. The first kappa shape index (κ1) is 13.2. The Bertz CT molecular complexity index is 409. The van der Waals surface area contributed by atoms with Crippen LogP contribution in [0.5, 0.6) is 0 Å². The normalized spacial score (nSPS) is 10.2. The van der Waals surface area contributed by atoms with E-state index in [4.69, 9.17) is 15.9 Å². The monoisotopic (exact) mass is 241 g/mol. The highest BCUT2D eigenvalue weighted by molar-refractivity contribution is 5.72. The van der Waals surface area contributed by atoms with Crippen LogP contribution in [0.15, 0.2) is 12.1 Å². The van der Waals surface area contributed by atoms with E-state index >= 15 is 0 Å². The molecule has 0 aliphatic rings. The number of nitrogen functional groups attached to an aromatic ring is 1. The van der Waals surface area contributed by atoms with Crippen molar-refractivity contribution < 1.29 is 15.1 Å². The first-order chi connectivity index (χ1) is 8.11. The van der Waals surface area contributed by atoms with Gasteiger partial charge in [0.05, 0.1) is 17.1 Å². The van der Waals surface area contributed by atoms with Crippen LogP contribution in [-0.2, 0) is 6.42 Å². The number of rotatable bonds is 6. The zero-order valence-corrected chi connectivity index (χ0v) is 9.22. The van der Waals surface area contributed by atoms with Crippen LogP contribution in [0.2, 0.25) is 0 Å². The summed E-state index contributed by atoms with van der Waals surface area (Å²) in [6.45, 7) is -0.130. The zero-order chi connectivity index (χ0) is 12.8. The molecular weight excluding hydrogens is 226 g/mol. The molecule has 0 bridgehead atoms. The largest absolute Gasteiger partial charge is 0.398 e. The van der Waals surface area contributed by atoms with Crippen molar-refractivity contribution in [1.82, 2.24) is 0 Å². The average molecular weight is 241 g/mol. The number of nitrogens with zero attached hydrogens (tertiary/aromatic N) is 1. The van der Waals surface area contributed by atoms with E-state index in [1.54, 1.807) is 0 Å².